The summed E-state index contributed by atoms with van der Waals surface area (Å²) in [4.78, 5) is 0. The van der Waals surface area contributed by atoms with E-state index in [1.54, 1.807) is 0 Å². The Morgan fingerprint density at radius 2 is 1.90 bits per heavy atom. The van der Waals surface area contributed by atoms with Gasteiger partial charge in [-0.2, -0.15) is 0 Å². The van der Waals surface area contributed by atoms with E-state index in [1.807, 2.05) is 24.3 Å². The molecule has 1 aliphatic rings. The van der Waals surface area contributed by atoms with Crippen molar-refractivity contribution in [3.05, 3.63) is 34.5 Å². The van der Waals surface area contributed by atoms with E-state index in [0.29, 0.717) is 23.5 Å². The number of benzene rings is 1. The van der Waals surface area contributed by atoms with E-state index in [0.717, 1.165) is 28.3 Å². The molecular formula is C17H21BrO2. The first-order chi connectivity index (χ1) is 9.54. The van der Waals surface area contributed by atoms with E-state index in [-0.39, 0.29) is 0 Å². The molecule has 1 heterocycles. The Balaban J connectivity index is 1.88. The van der Waals surface area contributed by atoms with E-state index in [2.05, 4.69) is 29.8 Å². The van der Waals surface area contributed by atoms with Crippen LogP contribution >= 0.6 is 15.9 Å². The summed E-state index contributed by atoms with van der Waals surface area (Å²) in [5, 5.41) is 11.7. The Kier molecular flexibility index (Phi) is 3.91. The Morgan fingerprint density at radius 1 is 1.20 bits per heavy atom. The topological polar surface area (TPSA) is 33.4 Å². The Bertz CT molecular complexity index is 594. The minimum atomic E-state index is -0.487. The Labute approximate surface area is 128 Å². The third kappa shape index (κ3) is 2.66. The number of halogens is 1. The zero-order valence-corrected chi connectivity index (χ0v) is 13.6. The van der Waals surface area contributed by atoms with Gasteiger partial charge in [0.1, 0.15) is 17.4 Å². The van der Waals surface area contributed by atoms with Gasteiger partial charge in [-0.3, -0.25) is 0 Å². The Hall–Kier alpha value is -0.800. The smallest absolute Gasteiger partial charge is 0.148 e. The normalized spacial score (nSPS) is 28.7. The summed E-state index contributed by atoms with van der Waals surface area (Å²) in [7, 11) is 0. The van der Waals surface area contributed by atoms with E-state index >= 15 is 0 Å². The quantitative estimate of drug-likeness (QED) is 0.806. The summed E-state index contributed by atoms with van der Waals surface area (Å²) in [5.41, 5.74) is 0.832. The van der Waals surface area contributed by atoms with Crippen molar-refractivity contribution in [3.63, 3.8) is 0 Å². The van der Waals surface area contributed by atoms with E-state index < -0.39 is 6.10 Å². The van der Waals surface area contributed by atoms with Gasteiger partial charge < -0.3 is 9.52 Å². The average molecular weight is 337 g/mol. The van der Waals surface area contributed by atoms with E-state index in [9.17, 15) is 5.11 Å². The van der Waals surface area contributed by atoms with Gasteiger partial charge in [0.2, 0.25) is 0 Å². The van der Waals surface area contributed by atoms with Crippen LogP contribution in [0.1, 0.15) is 45.0 Å². The summed E-state index contributed by atoms with van der Waals surface area (Å²) in [6, 6.07) is 7.95. The highest BCUT2D eigenvalue weighted by Crippen LogP contribution is 2.41. The molecule has 20 heavy (non-hydrogen) atoms. The van der Waals surface area contributed by atoms with Crippen molar-refractivity contribution in [2.24, 2.45) is 17.8 Å². The number of fused-ring (bicyclic) bond motifs is 1. The van der Waals surface area contributed by atoms with Gasteiger partial charge >= 0.3 is 0 Å². The number of aliphatic hydroxyl groups excluding tert-OH is 1. The van der Waals surface area contributed by atoms with Crippen LogP contribution in [-0.2, 0) is 0 Å². The Morgan fingerprint density at radius 3 is 2.55 bits per heavy atom. The van der Waals surface area contributed by atoms with E-state index in [4.69, 9.17) is 4.42 Å². The number of hydrogen-bond donors (Lipinski definition) is 1. The molecule has 0 saturated heterocycles. The largest absolute Gasteiger partial charge is 0.457 e. The van der Waals surface area contributed by atoms with Gasteiger partial charge in [0.05, 0.1) is 4.47 Å². The van der Waals surface area contributed by atoms with Crippen LogP contribution in [0.4, 0.5) is 0 Å². The summed E-state index contributed by atoms with van der Waals surface area (Å²) in [6.07, 6.45) is 2.96. The number of hydrogen-bond acceptors (Lipinski definition) is 2. The molecule has 1 N–H and O–H groups in total. The van der Waals surface area contributed by atoms with Gasteiger partial charge in [-0.05, 0) is 65.1 Å². The van der Waals surface area contributed by atoms with Gasteiger partial charge in [0.15, 0.2) is 0 Å². The molecule has 2 aromatic rings. The maximum absolute atomic E-state index is 10.7. The number of furan rings is 1. The lowest BCUT2D eigenvalue weighted by Crippen LogP contribution is -2.24. The van der Waals surface area contributed by atoms with Gasteiger partial charge in [-0.15, -0.1) is 0 Å². The number of aliphatic hydroxyl groups is 1. The average Bonchev–Trinajstić information content (AvgIpc) is 2.82. The van der Waals surface area contributed by atoms with Crippen LogP contribution in [0.3, 0.4) is 0 Å². The van der Waals surface area contributed by atoms with Crippen LogP contribution in [0.2, 0.25) is 0 Å². The molecule has 3 unspecified atom stereocenters. The molecule has 0 spiro atoms. The van der Waals surface area contributed by atoms with Crippen LogP contribution < -0.4 is 0 Å². The predicted octanol–water partition coefficient (Wildman–Crippen LogP) is 5.30. The first-order valence-electron chi connectivity index (χ1n) is 7.40. The second-order valence-corrected chi connectivity index (χ2v) is 7.28. The summed E-state index contributed by atoms with van der Waals surface area (Å²) in [5.74, 6) is 2.40. The van der Waals surface area contributed by atoms with Crippen molar-refractivity contribution in [2.75, 3.05) is 0 Å². The van der Waals surface area contributed by atoms with Crippen LogP contribution in [-0.4, -0.2) is 5.11 Å². The summed E-state index contributed by atoms with van der Waals surface area (Å²) in [6.45, 7) is 4.56. The predicted molar refractivity (Wildman–Crippen MR) is 84.5 cm³/mol. The van der Waals surface area contributed by atoms with Gasteiger partial charge in [-0.1, -0.05) is 26.0 Å². The second-order valence-electron chi connectivity index (χ2n) is 6.43. The molecule has 0 bridgehead atoms. The molecule has 3 atom stereocenters. The molecule has 0 aliphatic heterocycles. The van der Waals surface area contributed by atoms with Crippen molar-refractivity contribution in [3.8, 4) is 0 Å². The lowest BCUT2D eigenvalue weighted by atomic mass is 9.74. The molecule has 1 aromatic heterocycles. The minimum Gasteiger partial charge on any atom is -0.457 e. The SMILES string of the molecule is CC1CC(C)CC(C(O)c2cc3cccc(Br)c3o2)C1. The molecule has 0 radical (unpaired) electrons. The van der Waals surface area contributed by atoms with Crippen LogP contribution in [0.25, 0.3) is 11.0 Å². The maximum Gasteiger partial charge on any atom is 0.148 e. The van der Waals surface area contributed by atoms with Crippen molar-refractivity contribution in [1.29, 1.82) is 0 Å². The fraction of sp³-hybridized carbons (Fsp3) is 0.529. The highest BCUT2D eigenvalue weighted by atomic mass is 79.9. The van der Waals surface area contributed by atoms with Gasteiger partial charge in [0, 0.05) is 5.39 Å². The summed E-state index contributed by atoms with van der Waals surface area (Å²) >= 11 is 3.50. The second kappa shape index (κ2) is 5.53. The molecule has 3 heteroatoms. The number of para-hydroxylation sites is 1. The van der Waals surface area contributed by atoms with Gasteiger partial charge in [0.25, 0.3) is 0 Å². The maximum atomic E-state index is 10.7. The van der Waals surface area contributed by atoms with E-state index in [1.165, 1.54) is 6.42 Å². The monoisotopic (exact) mass is 336 g/mol. The van der Waals surface area contributed by atoms with Crippen LogP contribution in [0.15, 0.2) is 33.2 Å². The number of rotatable bonds is 2. The lowest BCUT2D eigenvalue weighted by molar-refractivity contribution is 0.0408. The van der Waals surface area contributed by atoms with Crippen molar-refractivity contribution in [1.82, 2.24) is 0 Å². The molecular weight excluding hydrogens is 316 g/mol. The van der Waals surface area contributed by atoms with Gasteiger partial charge in [-0.25, -0.2) is 0 Å². The third-order valence-corrected chi connectivity index (χ3v) is 5.09. The molecule has 1 aromatic carbocycles. The lowest BCUT2D eigenvalue weighted by Gasteiger charge is -2.33. The highest BCUT2D eigenvalue weighted by molar-refractivity contribution is 9.10. The molecule has 0 amide bonds. The molecule has 2 nitrogen and oxygen atoms in total. The molecule has 3 rings (SSSR count). The van der Waals surface area contributed by atoms with Crippen molar-refractivity contribution in [2.45, 2.75) is 39.2 Å². The van der Waals surface area contributed by atoms with Crippen LogP contribution in [0, 0.1) is 17.8 Å². The molecule has 1 fully saturated rings. The molecule has 1 aliphatic carbocycles. The summed E-state index contributed by atoms with van der Waals surface area (Å²) < 4.78 is 6.83. The zero-order valence-electron chi connectivity index (χ0n) is 12.0. The first kappa shape index (κ1) is 14.2. The minimum absolute atomic E-state index is 0.313. The third-order valence-electron chi connectivity index (χ3n) is 4.47. The highest BCUT2D eigenvalue weighted by Gasteiger charge is 2.31. The van der Waals surface area contributed by atoms with Crippen molar-refractivity contribution < 1.29 is 9.52 Å². The van der Waals surface area contributed by atoms with Crippen molar-refractivity contribution >= 4 is 26.9 Å². The standard InChI is InChI=1S/C17H21BrO2/c1-10-6-11(2)8-13(7-10)16(19)15-9-12-4-3-5-14(18)17(12)20-15/h3-5,9-11,13,16,19H,6-8H2,1-2H3. The van der Waals surface area contributed by atoms with Crippen LogP contribution in [0.5, 0.6) is 0 Å². The fourth-order valence-corrected chi connectivity index (χ4v) is 4.15. The molecule has 108 valence electrons. The fourth-order valence-electron chi connectivity index (χ4n) is 3.69. The first-order valence-corrected chi connectivity index (χ1v) is 8.20. The molecule has 1 saturated carbocycles. The zero-order chi connectivity index (χ0) is 14.3.